The second kappa shape index (κ2) is 6.46. The summed E-state index contributed by atoms with van der Waals surface area (Å²) in [5.74, 6) is -0.224. The van der Waals surface area contributed by atoms with E-state index in [0.29, 0.717) is 13.0 Å². The normalized spacial score (nSPS) is 19.5. The van der Waals surface area contributed by atoms with E-state index in [0.717, 1.165) is 31.0 Å². The van der Waals surface area contributed by atoms with Crippen LogP contribution in [0.1, 0.15) is 17.8 Å². The number of hydrogen-bond donors (Lipinski definition) is 0. The van der Waals surface area contributed by atoms with E-state index in [4.69, 9.17) is 9.47 Å². The first-order valence-corrected chi connectivity index (χ1v) is 7.50. The number of esters is 1. The lowest BCUT2D eigenvalue weighted by molar-refractivity contribution is -0.145. The lowest BCUT2D eigenvalue weighted by Gasteiger charge is -2.32. The van der Waals surface area contributed by atoms with Crippen molar-refractivity contribution < 1.29 is 14.3 Å². The van der Waals surface area contributed by atoms with Gasteiger partial charge in [-0.25, -0.2) is 4.98 Å². The number of methoxy groups -OCH3 is 1. The van der Waals surface area contributed by atoms with Gasteiger partial charge in [0.1, 0.15) is 5.65 Å². The van der Waals surface area contributed by atoms with Crippen LogP contribution in [-0.4, -0.2) is 53.2 Å². The van der Waals surface area contributed by atoms with E-state index in [-0.39, 0.29) is 12.1 Å². The topological polar surface area (TPSA) is 56.1 Å². The van der Waals surface area contributed by atoms with Crippen molar-refractivity contribution in [3.05, 3.63) is 35.8 Å². The van der Waals surface area contributed by atoms with Crippen LogP contribution in [0.15, 0.2) is 24.4 Å². The fraction of sp³-hybridized carbons (Fsp3) is 0.500. The van der Waals surface area contributed by atoms with Gasteiger partial charge in [0.15, 0.2) is 0 Å². The zero-order valence-corrected chi connectivity index (χ0v) is 13.0. The van der Waals surface area contributed by atoms with Crippen LogP contribution in [0.25, 0.3) is 5.65 Å². The van der Waals surface area contributed by atoms with Gasteiger partial charge in [-0.1, -0.05) is 6.07 Å². The van der Waals surface area contributed by atoms with Crippen LogP contribution in [0.4, 0.5) is 0 Å². The van der Waals surface area contributed by atoms with Crippen molar-refractivity contribution in [3.8, 4) is 0 Å². The molecule has 0 aromatic carbocycles. The van der Waals surface area contributed by atoms with Crippen molar-refractivity contribution in [2.45, 2.75) is 26.0 Å². The molecular weight excluding hydrogens is 282 g/mol. The summed E-state index contributed by atoms with van der Waals surface area (Å²) in [6.45, 7) is 5.07. The smallest absolute Gasteiger partial charge is 0.308 e. The van der Waals surface area contributed by atoms with Crippen molar-refractivity contribution >= 4 is 11.6 Å². The van der Waals surface area contributed by atoms with Gasteiger partial charge in [-0.3, -0.25) is 9.69 Å². The molecule has 3 rings (SSSR count). The number of carbonyl (C=O) groups is 1. The van der Waals surface area contributed by atoms with Gasteiger partial charge >= 0.3 is 5.97 Å². The van der Waals surface area contributed by atoms with E-state index in [1.54, 1.807) is 0 Å². The number of fused-ring (bicyclic) bond motifs is 1. The molecule has 6 nitrogen and oxygen atoms in total. The van der Waals surface area contributed by atoms with Crippen LogP contribution < -0.4 is 0 Å². The van der Waals surface area contributed by atoms with Crippen molar-refractivity contribution in [1.82, 2.24) is 14.3 Å². The number of rotatable bonds is 4. The Balaban J connectivity index is 1.71. The first kappa shape index (κ1) is 15.0. The van der Waals surface area contributed by atoms with E-state index in [2.05, 4.69) is 14.3 Å². The Bertz CT molecular complexity index is 668. The number of carbonyl (C=O) groups excluding carboxylic acids is 1. The average Bonchev–Trinajstić information content (AvgIpc) is 2.84. The number of imidazole rings is 1. The third-order valence-electron chi connectivity index (χ3n) is 4.05. The predicted molar refractivity (Wildman–Crippen MR) is 81.6 cm³/mol. The molecule has 22 heavy (non-hydrogen) atoms. The van der Waals surface area contributed by atoms with Crippen LogP contribution in [-0.2, 0) is 20.8 Å². The maximum absolute atomic E-state index is 11.4. The Hall–Kier alpha value is -1.92. The van der Waals surface area contributed by atoms with Crippen LogP contribution in [0, 0.1) is 6.92 Å². The van der Waals surface area contributed by atoms with Crippen LogP contribution in [0.2, 0.25) is 0 Å². The molecule has 0 radical (unpaired) electrons. The quantitative estimate of drug-likeness (QED) is 0.799. The Morgan fingerprint density at radius 3 is 3.18 bits per heavy atom. The molecule has 0 N–H and O–H groups in total. The molecule has 1 aliphatic heterocycles. The van der Waals surface area contributed by atoms with Gasteiger partial charge in [-0.05, 0) is 19.1 Å². The number of ether oxygens (including phenoxy) is 2. The summed E-state index contributed by atoms with van der Waals surface area (Å²) in [5, 5.41) is 0. The Kier molecular flexibility index (Phi) is 4.40. The van der Waals surface area contributed by atoms with Crippen LogP contribution >= 0.6 is 0 Å². The number of nitrogens with zero attached hydrogens (tertiary/aromatic N) is 3. The molecule has 1 unspecified atom stereocenters. The molecule has 1 saturated heterocycles. The number of aromatic nitrogens is 2. The van der Waals surface area contributed by atoms with Gasteiger partial charge in [-0.15, -0.1) is 0 Å². The maximum atomic E-state index is 11.4. The lowest BCUT2D eigenvalue weighted by atomic mass is 10.2. The van der Waals surface area contributed by atoms with Gasteiger partial charge in [0.25, 0.3) is 0 Å². The molecule has 0 bridgehead atoms. The Morgan fingerprint density at radius 2 is 2.36 bits per heavy atom. The Morgan fingerprint density at radius 1 is 1.50 bits per heavy atom. The van der Waals surface area contributed by atoms with Crippen LogP contribution in [0.3, 0.4) is 0 Å². The largest absolute Gasteiger partial charge is 0.469 e. The summed E-state index contributed by atoms with van der Waals surface area (Å²) in [5.41, 5.74) is 3.20. The monoisotopic (exact) mass is 303 g/mol. The van der Waals surface area contributed by atoms with Gasteiger partial charge in [-0.2, -0.15) is 0 Å². The summed E-state index contributed by atoms with van der Waals surface area (Å²) in [7, 11) is 1.41. The molecule has 6 heteroatoms. The summed E-state index contributed by atoms with van der Waals surface area (Å²) < 4.78 is 12.5. The Labute approximate surface area is 129 Å². The van der Waals surface area contributed by atoms with Crippen molar-refractivity contribution in [2.24, 2.45) is 0 Å². The highest BCUT2D eigenvalue weighted by Crippen LogP contribution is 2.17. The zero-order valence-electron chi connectivity index (χ0n) is 13.0. The van der Waals surface area contributed by atoms with E-state index >= 15 is 0 Å². The molecule has 118 valence electrons. The highest BCUT2D eigenvalue weighted by Gasteiger charge is 2.24. The number of pyridine rings is 1. The summed E-state index contributed by atoms with van der Waals surface area (Å²) in [6.07, 6.45) is 2.25. The highest BCUT2D eigenvalue weighted by atomic mass is 16.5. The molecule has 0 amide bonds. The molecule has 2 aromatic rings. The molecule has 3 heterocycles. The van der Waals surface area contributed by atoms with Gasteiger partial charge in [0.2, 0.25) is 0 Å². The summed E-state index contributed by atoms with van der Waals surface area (Å²) in [6, 6.07) is 6.01. The van der Waals surface area contributed by atoms with Gasteiger partial charge in [0, 0.05) is 25.8 Å². The van der Waals surface area contributed by atoms with E-state index in [9.17, 15) is 4.79 Å². The minimum absolute atomic E-state index is 0.0966. The molecule has 0 aliphatic carbocycles. The summed E-state index contributed by atoms with van der Waals surface area (Å²) >= 11 is 0. The minimum Gasteiger partial charge on any atom is -0.469 e. The predicted octanol–water partition coefficient (Wildman–Crippen LogP) is 1.41. The number of hydrogen-bond acceptors (Lipinski definition) is 5. The first-order valence-electron chi connectivity index (χ1n) is 7.50. The molecule has 1 fully saturated rings. The van der Waals surface area contributed by atoms with Gasteiger partial charge < -0.3 is 13.9 Å². The van der Waals surface area contributed by atoms with Gasteiger partial charge in [0.05, 0.1) is 37.6 Å². The number of morpholine rings is 1. The highest BCUT2D eigenvalue weighted by molar-refractivity contribution is 5.69. The zero-order chi connectivity index (χ0) is 15.5. The maximum Gasteiger partial charge on any atom is 0.308 e. The second-order valence-electron chi connectivity index (χ2n) is 5.58. The fourth-order valence-corrected chi connectivity index (χ4v) is 2.88. The standard InChI is InChI=1S/C16H21N3O3/c1-12-14(19-6-4-3-5-15(19)17-12)11-18-7-8-22-13(10-18)9-16(20)21-2/h3-6,13H,7-11H2,1-2H3. The molecule has 0 spiro atoms. The van der Waals surface area contributed by atoms with E-state index in [1.807, 2.05) is 31.3 Å². The van der Waals surface area contributed by atoms with Crippen molar-refractivity contribution in [2.75, 3.05) is 26.8 Å². The second-order valence-corrected chi connectivity index (χ2v) is 5.58. The molecule has 1 aliphatic rings. The lowest BCUT2D eigenvalue weighted by Crippen LogP contribution is -2.43. The average molecular weight is 303 g/mol. The first-order chi connectivity index (χ1) is 10.7. The third kappa shape index (κ3) is 3.13. The van der Waals surface area contributed by atoms with E-state index < -0.39 is 0 Å². The van der Waals surface area contributed by atoms with E-state index in [1.165, 1.54) is 12.8 Å². The van der Waals surface area contributed by atoms with Crippen LogP contribution in [0.5, 0.6) is 0 Å². The summed E-state index contributed by atoms with van der Waals surface area (Å²) in [4.78, 5) is 18.3. The van der Waals surface area contributed by atoms with Crippen molar-refractivity contribution in [3.63, 3.8) is 0 Å². The SMILES string of the molecule is COC(=O)CC1CN(Cc2c(C)nc3ccccn23)CCO1. The minimum atomic E-state index is -0.224. The van der Waals surface area contributed by atoms with Crippen molar-refractivity contribution in [1.29, 1.82) is 0 Å². The third-order valence-corrected chi connectivity index (χ3v) is 4.05. The molecular formula is C16H21N3O3. The fourth-order valence-electron chi connectivity index (χ4n) is 2.88. The molecule has 0 saturated carbocycles. The molecule has 2 aromatic heterocycles. The number of aryl methyl sites for hydroxylation is 1. The molecule has 1 atom stereocenters.